The van der Waals surface area contributed by atoms with Gasteiger partial charge in [0.05, 0.1) is 0 Å². The maximum absolute atomic E-state index is 9.83. The average molecular weight is 389 g/mol. The molecule has 0 amide bonds. The smallest absolute Gasteiger partial charge is 0.255 e. The zero-order valence-electron chi connectivity index (χ0n) is 12.7. The van der Waals surface area contributed by atoms with E-state index >= 15 is 0 Å². The largest absolute Gasteiger partial charge is 0.358 e. The van der Waals surface area contributed by atoms with Gasteiger partial charge in [-0.05, 0) is 11.1 Å². The molecule has 0 atom stereocenters. The zero-order chi connectivity index (χ0) is 12.1. The van der Waals surface area contributed by atoms with Crippen LogP contribution in [0.2, 0.25) is 0 Å². The fourth-order valence-corrected chi connectivity index (χ4v) is 1.51. The molecular weight excluding hydrogens is 367 g/mol. The molecular formula is C18H22O2Sn-2. The topological polar surface area (TPSA) is 42.8 Å². The summed E-state index contributed by atoms with van der Waals surface area (Å²) in [5.74, 6) is 0.0962. The summed E-state index contributed by atoms with van der Waals surface area (Å²) in [4.78, 5) is 19.7. The third kappa shape index (κ3) is 7.14. The Morgan fingerprint density at radius 1 is 0.619 bits per heavy atom. The minimum absolute atomic E-state index is 0. The zero-order valence-corrected chi connectivity index (χ0v) is 15.6. The molecule has 2 nitrogen and oxygen atoms in total. The van der Waals surface area contributed by atoms with Crippen LogP contribution in [0.1, 0.15) is 11.1 Å². The van der Waals surface area contributed by atoms with Crippen molar-refractivity contribution >= 4 is 35.5 Å². The van der Waals surface area contributed by atoms with Crippen LogP contribution in [-0.4, -0.2) is 45.1 Å². The van der Waals surface area contributed by atoms with E-state index in [2.05, 4.69) is 0 Å². The molecule has 2 aromatic carbocycles. The Labute approximate surface area is 145 Å². The van der Waals surface area contributed by atoms with Gasteiger partial charge >= 0.3 is 0 Å². The van der Waals surface area contributed by atoms with Crippen LogP contribution in [0.3, 0.4) is 0 Å². The Hall–Kier alpha value is -1.55. The van der Waals surface area contributed by atoms with Gasteiger partial charge in [-0.15, -0.1) is 24.3 Å². The van der Waals surface area contributed by atoms with Crippen LogP contribution in [0.4, 0.5) is 0 Å². The second-order valence-corrected chi connectivity index (χ2v) is 3.65. The van der Waals surface area contributed by atoms with Crippen molar-refractivity contribution in [2.45, 2.75) is 0 Å². The first-order valence-electron chi connectivity index (χ1n) is 5.35. The van der Waals surface area contributed by atoms with Crippen LogP contribution >= 0.6 is 0 Å². The summed E-state index contributed by atoms with van der Waals surface area (Å²) in [6.07, 6.45) is 1.35. The number of ketones is 2. The summed E-state index contributed by atoms with van der Waals surface area (Å²) in [6.45, 7) is 0. The van der Waals surface area contributed by atoms with Crippen LogP contribution in [0.15, 0.2) is 60.7 Å². The molecule has 112 valence electrons. The molecule has 0 fully saturated rings. The Morgan fingerprint density at radius 3 is 1.19 bits per heavy atom. The van der Waals surface area contributed by atoms with Gasteiger partial charge in [0, 0.05) is 30.3 Å². The van der Waals surface area contributed by atoms with Gasteiger partial charge in [0.2, 0.25) is 0 Å². The van der Waals surface area contributed by atoms with Crippen molar-refractivity contribution in [3.05, 3.63) is 100 Å². The van der Waals surface area contributed by atoms with Crippen molar-refractivity contribution in [1.82, 2.24) is 0 Å². The van der Waals surface area contributed by atoms with Gasteiger partial charge in [0.15, 0.2) is 0 Å². The number of rotatable bonds is 4. The van der Waals surface area contributed by atoms with Crippen molar-refractivity contribution < 1.29 is 9.59 Å². The molecule has 0 saturated heterocycles. The summed E-state index contributed by atoms with van der Waals surface area (Å²) >= 11 is 0. The van der Waals surface area contributed by atoms with E-state index in [9.17, 15) is 9.59 Å². The molecule has 2 rings (SSSR count). The molecule has 0 bridgehead atoms. The predicted molar refractivity (Wildman–Crippen MR) is 94.3 cm³/mol. The van der Waals surface area contributed by atoms with Crippen molar-refractivity contribution in [1.29, 1.82) is 0 Å². The molecule has 0 heterocycles. The fraction of sp³-hybridized carbons (Fsp3) is 0. The minimum atomic E-state index is 0. The van der Waals surface area contributed by atoms with E-state index in [1.54, 1.807) is 24.3 Å². The predicted octanol–water partition coefficient (Wildman–Crippen LogP) is 3.35. The van der Waals surface area contributed by atoms with Crippen LogP contribution in [0, 0.1) is 28.7 Å². The number of carbonyl (C=O) groups excluding carboxylic acids is 2. The Kier molecular flexibility index (Phi) is 14.2. The van der Waals surface area contributed by atoms with E-state index in [0.29, 0.717) is 11.1 Å². The molecule has 2 aromatic rings. The average Bonchev–Trinajstić information content (AvgIpc) is 2.40. The van der Waals surface area contributed by atoms with Crippen LogP contribution in [0.25, 0.3) is 0 Å². The second-order valence-electron chi connectivity index (χ2n) is 3.65. The van der Waals surface area contributed by atoms with Crippen LogP contribution < -0.4 is 0 Å². The van der Waals surface area contributed by atoms with E-state index in [1.165, 1.54) is 6.42 Å². The first-order chi connectivity index (χ1) is 8.27. The number of hydrogen-bond acceptors (Lipinski definition) is 0. The molecule has 3 heteroatoms. The molecule has 4 radical (unpaired) electrons. The Morgan fingerprint density at radius 2 is 0.905 bits per heavy atom. The van der Waals surface area contributed by atoms with Crippen molar-refractivity contribution in [3.8, 4) is 0 Å². The number of hydrogen-bond donors (Lipinski definition) is 0. The van der Waals surface area contributed by atoms with Gasteiger partial charge in [0.1, 0.15) is 0 Å². The van der Waals surface area contributed by atoms with E-state index in [4.69, 9.17) is 0 Å². The molecule has 0 aliphatic heterocycles. The third-order valence-electron chi connectivity index (χ3n) is 2.41. The van der Waals surface area contributed by atoms with Gasteiger partial charge < -0.3 is 31.9 Å². The molecule has 0 aromatic heterocycles. The first-order valence-corrected chi connectivity index (χ1v) is 5.35. The summed E-state index contributed by atoms with van der Waals surface area (Å²) in [5, 5.41) is 0. The summed E-state index contributed by atoms with van der Waals surface area (Å²) in [7, 11) is 0. The van der Waals surface area contributed by atoms with E-state index < -0.39 is 0 Å². The first kappa shape index (κ1) is 24.5. The summed E-state index contributed by atoms with van der Waals surface area (Å²) in [5.41, 5.74) is 1.35. The van der Waals surface area contributed by atoms with Crippen LogP contribution in [-0.2, 0) is 0 Å². The summed E-state index contributed by atoms with van der Waals surface area (Å²) in [6, 6.07) is 18.2. The fourth-order valence-electron chi connectivity index (χ4n) is 1.51. The van der Waals surface area contributed by atoms with Gasteiger partial charge in [-0.3, -0.25) is 0 Å². The summed E-state index contributed by atoms with van der Waals surface area (Å²) < 4.78 is 0. The van der Waals surface area contributed by atoms with E-state index in [0.717, 1.165) is 0 Å². The van der Waals surface area contributed by atoms with Crippen molar-refractivity contribution in [2.75, 3.05) is 0 Å². The van der Waals surface area contributed by atoms with E-state index in [1.807, 2.05) is 36.4 Å². The van der Waals surface area contributed by atoms with Crippen molar-refractivity contribution in [2.24, 2.45) is 0 Å². The molecule has 0 aliphatic rings. The molecule has 0 aliphatic carbocycles. The monoisotopic (exact) mass is 390 g/mol. The SMILES string of the molecule is [CH3-].[CH3-].[CH3-].[OH+]=C([CH-]C(=[OH+])c1ccccc1)c1ccccc1.[Sn]. The Balaban J connectivity index is -0.000000810. The quantitative estimate of drug-likeness (QED) is 0.253. The normalized spacial score (nSPS) is 7.81. The van der Waals surface area contributed by atoms with Gasteiger partial charge in [-0.25, -0.2) is 0 Å². The maximum atomic E-state index is 9.83. The third-order valence-corrected chi connectivity index (χ3v) is 2.41. The van der Waals surface area contributed by atoms with Crippen LogP contribution in [0.5, 0.6) is 0 Å². The molecule has 0 saturated carbocycles. The standard InChI is InChI=1S/C15H11O2.3CH3.Sn/c16-14(12-7-3-1-4-8-12)11-15(17)13-9-5-2-6-10-13;;;;/h1-11H;3*1H3;/q4*-1;/p+2. The minimum Gasteiger partial charge on any atom is -0.358 e. The van der Waals surface area contributed by atoms with Gasteiger partial charge in [0.25, 0.3) is 11.6 Å². The van der Waals surface area contributed by atoms with Gasteiger partial charge in [-0.1, -0.05) is 36.4 Å². The van der Waals surface area contributed by atoms with Crippen molar-refractivity contribution in [3.63, 3.8) is 0 Å². The molecule has 21 heavy (non-hydrogen) atoms. The van der Waals surface area contributed by atoms with Gasteiger partial charge in [-0.2, -0.15) is 0 Å². The van der Waals surface area contributed by atoms with E-state index in [-0.39, 0.29) is 57.8 Å². The number of benzene rings is 2. The maximum Gasteiger partial charge on any atom is 0.255 e. The Bertz CT molecular complexity index is 472. The molecule has 0 spiro atoms. The molecule has 2 N–H and O–H groups in total. The molecule has 0 unspecified atom stereocenters. The second kappa shape index (κ2) is 12.2.